The van der Waals surface area contributed by atoms with Crippen LogP contribution in [0.25, 0.3) is 0 Å². The maximum atomic E-state index is 12.4. The first-order valence-corrected chi connectivity index (χ1v) is 10.2. The third-order valence-corrected chi connectivity index (χ3v) is 6.10. The topological polar surface area (TPSA) is 79.8 Å². The van der Waals surface area contributed by atoms with Crippen LogP contribution in [0.15, 0.2) is 22.6 Å². The molecule has 0 spiro atoms. The quantitative estimate of drug-likeness (QED) is 0.454. The number of hydrazone groups is 1. The molecule has 138 valence electrons. The van der Waals surface area contributed by atoms with E-state index >= 15 is 0 Å². The molecule has 3 rings (SSSR count). The number of urea groups is 1. The van der Waals surface area contributed by atoms with Crippen molar-refractivity contribution in [2.75, 3.05) is 11.9 Å². The van der Waals surface area contributed by atoms with Crippen LogP contribution in [-0.2, 0) is 17.6 Å². The predicted octanol–water partition coefficient (Wildman–Crippen LogP) is 4.27. The molecule has 2 N–H and O–H groups in total. The van der Waals surface area contributed by atoms with Crippen LogP contribution in [0.5, 0.6) is 0 Å². The molecule has 0 saturated heterocycles. The van der Waals surface area contributed by atoms with Crippen molar-refractivity contribution in [3.05, 3.63) is 38.4 Å². The van der Waals surface area contributed by atoms with Crippen molar-refractivity contribution in [3.8, 4) is 0 Å². The molecule has 1 aliphatic carbocycles. The average Bonchev–Trinajstić information content (AvgIpc) is 3.22. The molecule has 2 amide bonds. The molecule has 2 aromatic rings. The Kier molecular flexibility index (Phi) is 6.05. The molecule has 6 nitrogen and oxygen atoms in total. The largest absolute Gasteiger partial charge is 0.462 e. The number of esters is 1. The third-order valence-electron chi connectivity index (χ3n) is 4.12. The second-order valence-electron chi connectivity index (χ2n) is 6.12. The molecular weight excluding hydrogens is 370 g/mol. The number of nitrogens with zero attached hydrogens (tertiary/aromatic N) is 1. The van der Waals surface area contributed by atoms with Gasteiger partial charge in [0.2, 0.25) is 0 Å². The van der Waals surface area contributed by atoms with Crippen molar-refractivity contribution < 1.29 is 14.3 Å². The van der Waals surface area contributed by atoms with Gasteiger partial charge in [-0.1, -0.05) is 13.0 Å². The third kappa shape index (κ3) is 4.31. The molecule has 26 heavy (non-hydrogen) atoms. The zero-order valence-corrected chi connectivity index (χ0v) is 16.3. The maximum absolute atomic E-state index is 12.4. The highest BCUT2D eigenvalue weighted by Gasteiger charge is 2.29. The summed E-state index contributed by atoms with van der Waals surface area (Å²) in [5.41, 5.74) is 3.95. The fraction of sp³-hybridized carbons (Fsp3) is 0.389. The maximum Gasteiger partial charge on any atom is 0.341 e. The fourth-order valence-corrected chi connectivity index (χ4v) is 4.89. The van der Waals surface area contributed by atoms with Crippen LogP contribution in [0.1, 0.15) is 45.9 Å². The monoisotopic (exact) mass is 391 g/mol. The summed E-state index contributed by atoms with van der Waals surface area (Å²) in [6.07, 6.45) is 4.37. The van der Waals surface area contributed by atoms with Crippen molar-refractivity contribution >= 4 is 45.9 Å². The summed E-state index contributed by atoms with van der Waals surface area (Å²) in [6.45, 7) is 4.28. The van der Waals surface area contributed by atoms with Gasteiger partial charge < -0.3 is 4.74 Å². The molecule has 0 radical (unpaired) electrons. The summed E-state index contributed by atoms with van der Waals surface area (Å²) < 4.78 is 5.20. The smallest absolute Gasteiger partial charge is 0.341 e. The van der Waals surface area contributed by atoms with Gasteiger partial charge in [-0.15, -0.1) is 22.7 Å². The number of thiophene rings is 2. The van der Waals surface area contributed by atoms with Crippen molar-refractivity contribution in [2.45, 2.75) is 33.1 Å². The molecule has 0 aromatic carbocycles. The molecular formula is C18H21N3O3S2. The van der Waals surface area contributed by atoms with Crippen LogP contribution in [-0.4, -0.2) is 24.8 Å². The molecule has 8 heteroatoms. The molecule has 0 fully saturated rings. The molecule has 0 bridgehead atoms. The summed E-state index contributed by atoms with van der Waals surface area (Å²) in [6, 6.07) is 3.34. The second kappa shape index (κ2) is 8.46. The highest BCUT2D eigenvalue weighted by atomic mass is 32.1. The standard InChI is InChI=1S/C18H21N3O3S2/c1-3-24-17(22)15-13-7-6-11(2)9-14(13)26-16(15)20-18(23)21-19-10-12-5-4-8-25-12/h4-5,8,10-11H,3,6-7,9H2,1-2H3,(H2,20,21,23)/b19-10-/t11-/m0/s1. The lowest BCUT2D eigenvalue weighted by Gasteiger charge is -2.18. The number of rotatable bonds is 5. The van der Waals surface area contributed by atoms with E-state index in [1.807, 2.05) is 17.5 Å². The van der Waals surface area contributed by atoms with Crippen LogP contribution < -0.4 is 10.7 Å². The van der Waals surface area contributed by atoms with E-state index in [1.54, 1.807) is 13.1 Å². The summed E-state index contributed by atoms with van der Waals surface area (Å²) in [5.74, 6) is 0.199. The predicted molar refractivity (Wildman–Crippen MR) is 106 cm³/mol. The first-order valence-electron chi connectivity index (χ1n) is 8.53. The first-order chi connectivity index (χ1) is 12.6. The number of fused-ring (bicyclic) bond motifs is 1. The number of hydrogen-bond acceptors (Lipinski definition) is 6. The molecule has 2 aromatic heterocycles. The molecule has 0 aliphatic heterocycles. The van der Waals surface area contributed by atoms with Gasteiger partial charge in [-0.05, 0) is 49.1 Å². The second-order valence-corrected chi connectivity index (χ2v) is 8.20. The Morgan fingerprint density at radius 1 is 1.46 bits per heavy atom. The Morgan fingerprint density at radius 3 is 3.04 bits per heavy atom. The van der Waals surface area contributed by atoms with E-state index in [0.29, 0.717) is 23.1 Å². The van der Waals surface area contributed by atoms with E-state index < -0.39 is 6.03 Å². The van der Waals surface area contributed by atoms with Crippen molar-refractivity contribution in [1.82, 2.24) is 5.43 Å². The summed E-state index contributed by atoms with van der Waals surface area (Å²) >= 11 is 2.99. The van der Waals surface area contributed by atoms with E-state index in [0.717, 1.165) is 34.6 Å². The molecule has 0 unspecified atom stereocenters. The Hall–Kier alpha value is -2.19. The van der Waals surface area contributed by atoms with Crippen LogP contribution in [0, 0.1) is 5.92 Å². The Morgan fingerprint density at radius 2 is 2.31 bits per heavy atom. The van der Waals surface area contributed by atoms with E-state index in [4.69, 9.17) is 4.74 Å². The van der Waals surface area contributed by atoms with Gasteiger partial charge in [0.15, 0.2) is 0 Å². The number of anilines is 1. The van der Waals surface area contributed by atoms with Crippen LogP contribution in [0.2, 0.25) is 0 Å². The lowest BCUT2D eigenvalue weighted by molar-refractivity contribution is 0.0526. The molecule has 1 atom stereocenters. The number of hydrogen-bond donors (Lipinski definition) is 2. The lowest BCUT2D eigenvalue weighted by Crippen LogP contribution is -2.25. The number of amides is 2. The fourth-order valence-electron chi connectivity index (χ4n) is 2.91. The summed E-state index contributed by atoms with van der Waals surface area (Å²) in [7, 11) is 0. The van der Waals surface area contributed by atoms with E-state index in [2.05, 4.69) is 22.8 Å². The molecule has 2 heterocycles. The van der Waals surface area contributed by atoms with E-state index in [9.17, 15) is 9.59 Å². The zero-order valence-electron chi connectivity index (χ0n) is 14.7. The van der Waals surface area contributed by atoms with Crippen molar-refractivity contribution in [2.24, 2.45) is 11.0 Å². The normalized spacial score (nSPS) is 16.3. The van der Waals surface area contributed by atoms with E-state index in [-0.39, 0.29) is 5.97 Å². The van der Waals surface area contributed by atoms with Gasteiger partial charge in [-0.2, -0.15) is 5.10 Å². The Bertz CT molecular complexity index is 812. The minimum absolute atomic E-state index is 0.302. The van der Waals surface area contributed by atoms with Gasteiger partial charge in [-0.25, -0.2) is 15.0 Å². The summed E-state index contributed by atoms with van der Waals surface area (Å²) in [5, 5.41) is 9.15. The molecule has 1 aliphatic rings. The highest BCUT2D eigenvalue weighted by Crippen LogP contribution is 2.40. The van der Waals surface area contributed by atoms with Crippen LogP contribution in [0.4, 0.5) is 9.80 Å². The minimum atomic E-state index is -0.477. The minimum Gasteiger partial charge on any atom is -0.462 e. The van der Waals surface area contributed by atoms with Crippen molar-refractivity contribution in [1.29, 1.82) is 0 Å². The highest BCUT2D eigenvalue weighted by molar-refractivity contribution is 7.17. The van der Waals surface area contributed by atoms with Gasteiger partial charge in [0, 0.05) is 9.75 Å². The lowest BCUT2D eigenvalue weighted by atomic mass is 9.88. The SMILES string of the molecule is CCOC(=O)c1c(NC(=O)N/N=C\c2cccs2)sc2c1CC[C@H](C)C2. The van der Waals surface area contributed by atoms with Gasteiger partial charge in [0.25, 0.3) is 0 Å². The zero-order chi connectivity index (χ0) is 18.5. The number of ether oxygens (including phenoxy) is 1. The Balaban J connectivity index is 1.75. The average molecular weight is 392 g/mol. The number of carbonyl (C=O) groups excluding carboxylic acids is 2. The van der Waals surface area contributed by atoms with Crippen LogP contribution >= 0.6 is 22.7 Å². The van der Waals surface area contributed by atoms with Gasteiger partial charge in [0.05, 0.1) is 18.4 Å². The van der Waals surface area contributed by atoms with Crippen molar-refractivity contribution in [3.63, 3.8) is 0 Å². The first kappa shape index (κ1) is 18.6. The molecule has 0 saturated carbocycles. The number of nitrogens with one attached hydrogen (secondary N) is 2. The van der Waals surface area contributed by atoms with Crippen LogP contribution in [0.3, 0.4) is 0 Å². The summed E-state index contributed by atoms with van der Waals surface area (Å²) in [4.78, 5) is 26.7. The van der Waals surface area contributed by atoms with E-state index in [1.165, 1.54) is 22.7 Å². The Labute approximate surface area is 160 Å². The van der Waals surface area contributed by atoms with Gasteiger partial charge in [0.1, 0.15) is 5.00 Å². The van der Waals surface area contributed by atoms with Gasteiger partial charge >= 0.3 is 12.0 Å². The van der Waals surface area contributed by atoms with Gasteiger partial charge in [-0.3, -0.25) is 5.32 Å². The number of carbonyl (C=O) groups is 2.